The predicted octanol–water partition coefficient (Wildman–Crippen LogP) is 1.80. The Kier molecular flexibility index (Phi) is 6.89. The highest BCUT2D eigenvalue weighted by Crippen LogP contribution is 2.27. The van der Waals surface area contributed by atoms with Gasteiger partial charge in [-0.3, -0.25) is 9.59 Å². The van der Waals surface area contributed by atoms with E-state index < -0.39 is 23.8 Å². The zero-order valence-corrected chi connectivity index (χ0v) is 15.0. The van der Waals surface area contributed by atoms with Crippen LogP contribution in [0, 0.1) is 0 Å². The first-order chi connectivity index (χ1) is 10.6. The minimum atomic E-state index is -1.02. The lowest BCUT2D eigenvalue weighted by Crippen LogP contribution is -2.66. The summed E-state index contributed by atoms with van der Waals surface area (Å²) in [5.41, 5.74) is -0.377. The summed E-state index contributed by atoms with van der Waals surface area (Å²) in [4.78, 5) is 37.3. The average Bonchev–Trinajstić information content (AvgIpc) is 2.41. The number of ether oxygens (including phenoxy) is 1. The van der Waals surface area contributed by atoms with Crippen molar-refractivity contribution in [3.05, 3.63) is 12.2 Å². The predicted molar refractivity (Wildman–Crippen MR) is 88.2 cm³/mol. The van der Waals surface area contributed by atoms with Crippen LogP contribution in [-0.2, 0) is 19.1 Å². The summed E-state index contributed by atoms with van der Waals surface area (Å²) in [7, 11) is 0. The van der Waals surface area contributed by atoms with Crippen molar-refractivity contribution >= 4 is 41.0 Å². The summed E-state index contributed by atoms with van der Waals surface area (Å²) in [6, 6.07) is -1.02. The summed E-state index contributed by atoms with van der Waals surface area (Å²) in [6.07, 6.45) is -0.341. The third-order valence-electron chi connectivity index (χ3n) is 3.11. The topological polar surface area (TPSA) is 75.7 Å². The van der Waals surface area contributed by atoms with Gasteiger partial charge in [-0.15, -0.1) is 23.2 Å². The maximum absolute atomic E-state index is 12.4. The summed E-state index contributed by atoms with van der Waals surface area (Å²) in [6.45, 7) is 8.93. The Bertz CT molecular complexity index is 502. The number of nitrogens with one attached hydrogen (secondary N) is 1. The Morgan fingerprint density at radius 1 is 1.43 bits per heavy atom. The minimum absolute atomic E-state index is 0.00393. The van der Waals surface area contributed by atoms with Crippen molar-refractivity contribution in [2.75, 3.05) is 11.8 Å². The molecule has 0 aliphatic carbocycles. The van der Waals surface area contributed by atoms with Crippen LogP contribution in [-0.4, -0.2) is 52.3 Å². The lowest BCUT2D eigenvalue weighted by atomic mass is 10.00. The molecule has 1 aliphatic rings. The van der Waals surface area contributed by atoms with Gasteiger partial charge in [0.05, 0.1) is 6.42 Å². The molecule has 0 aromatic rings. The molecule has 0 bridgehead atoms. The molecular formula is C15H22Cl2N2O4. The Morgan fingerprint density at radius 3 is 2.48 bits per heavy atom. The number of alkyl halides is 2. The third kappa shape index (κ3) is 5.39. The number of nitrogens with zero attached hydrogens (tertiary/aromatic N) is 1. The van der Waals surface area contributed by atoms with E-state index >= 15 is 0 Å². The molecule has 1 rings (SSSR count). The van der Waals surface area contributed by atoms with Gasteiger partial charge >= 0.3 is 5.97 Å². The quantitative estimate of drug-likeness (QED) is 0.323. The molecule has 130 valence electrons. The smallest absolute Gasteiger partial charge is 0.333 e. The molecule has 0 radical (unpaired) electrons. The van der Waals surface area contributed by atoms with Crippen LogP contribution >= 0.6 is 23.2 Å². The van der Waals surface area contributed by atoms with Gasteiger partial charge in [-0.05, 0) is 26.3 Å². The number of β-lactam (4-membered cyclic amide) rings is 1. The van der Waals surface area contributed by atoms with E-state index in [1.165, 1.54) is 4.90 Å². The van der Waals surface area contributed by atoms with Crippen molar-refractivity contribution in [2.24, 2.45) is 0 Å². The average molecular weight is 365 g/mol. The molecule has 1 saturated heterocycles. The number of esters is 1. The number of rotatable bonds is 7. The van der Waals surface area contributed by atoms with Crippen molar-refractivity contribution in [1.82, 2.24) is 10.2 Å². The van der Waals surface area contributed by atoms with Gasteiger partial charge < -0.3 is 15.0 Å². The number of carbonyl (C=O) groups is 3. The standard InChI is InChI=1S/C15H22Cl2N2O4/c1-9(8-17)13(14(22)23-15(2,3)4)19-10(7-12(19)21)18-11(20)5-6-16/h10,13H,1,5-8H2,2-4H3,(H,18,20). The summed E-state index contributed by atoms with van der Waals surface area (Å²) >= 11 is 11.3. The Balaban J connectivity index is 2.92. The highest BCUT2D eigenvalue weighted by molar-refractivity contribution is 6.20. The number of halogens is 2. The third-order valence-corrected chi connectivity index (χ3v) is 3.64. The number of carbonyl (C=O) groups excluding carboxylic acids is 3. The molecule has 1 aliphatic heterocycles. The Hall–Kier alpha value is -1.27. The summed E-state index contributed by atoms with van der Waals surface area (Å²) in [5.74, 6) is -1.01. The SMILES string of the molecule is C=C(CCl)C(C(=O)OC(C)(C)C)N1C(=O)CC1NC(=O)CCCl. The lowest BCUT2D eigenvalue weighted by molar-refractivity contribution is -0.172. The van der Waals surface area contributed by atoms with Gasteiger partial charge in [0.2, 0.25) is 11.8 Å². The van der Waals surface area contributed by atoms with Crippen LogP contribution in [0.5, 0.6) is 0 Å². The molecule has 2 amide bonds. The van der Waals surface area contributed by atoms with E-state index in [9.17, 15) is 14.4 Å². The molecule has 0 saturated carbocycles. The molecule has 2 unspecified atom stereocenters. The summed E-state index contributed by atoms with van der Waals surface area (Å²) in [5, 5.41) is 2.66. The first-order valence-electron chi connectivity index (χ1n) is 7.23. The zero-order valence-electron chi connectivity index (χ0n) is 13.5. The van der Waals surface area contributed by atoms with Gasteiger partial charge in [0.1, 0.15) is 11.8 Å². The number of hydrogen-bond donors (Lipinski definition) is 1. The van der Waals surface area contributed by atoms with Crippen molar-refractivity contribution < 1.29 is 19.1 Å². The van der Waals surface area contributed by atoms with E-state index in [1.807, 2.05) is 0 Å². The van der Waals surface area contributed by atoms with Crippen LogP contribution in [0.3, 0.4) is 0 Å². The van der Waals surface area contributed by atoms with Crippen molar-refractivity contribution in [3.63, 3.8) is 0 Å². The van der Waals surface area contributed by atoms with Gasteiger partial charge in [0, 0.05) is 18.2 Å². The molecule has 0 aromatic heterocycles. The van der Waals surface area contributed by atoms with E-state index in [0.717, 1.165) is 0 Å². The Labute approximate surface area is 146 Å². The highest BCUT2D eigenvalue weighted by atomic mass is 35.5. The van der Waals surface area contributed by atoms with Gasteiger partial charge in [-0.2, -0.15) is 0 Å². The van der Waals surface area contributed by atoms with E-state index in [2.05, 4.69) is 11.9 Å². The molecule has 1 fully saturated rings. The second kappa shape index (κ2) is 8.02. The van der Waals surface area contributed by atoms with Crippen LogP contribution in [0.2, 0.25) is 0 Å². The Morgan fingerprint density at radius 2 is 2.04 bits per heavy atom. The maximum atomic E-state index is 12.4. The molecule has 1 N–H and O–H groups in total. The molecule has 0 spiro atoms. The fourth-order valence-corrected chi connectivity index (χ4v) is 2.44. The van der Waals surface area contributed by atoms with Crippen LogP contribution in [0.4, 0.5) is 0 Å². The number of hydrogen-bond acceptors (Lipinski definition) is 4. The van der Waals surface area contributed by atoms with E-state index in [0.29, 0.717) is 5.57 Å². The highest BCUT2D eigenvalue weighted by Gasteiger charge is 2.46. The molecule has 8 heteroatoms. The van der Waals surface area contributed by atoms with Gasteiger partial charge in [-0.25, -0.2) is 4.79 Å². The van der Waals surface area contributed by atoms with E-state index in [-0.39, 0.29) is 36.4 Å². The molecule has 0 aromatic carbocycles. The zero-order chi connectivity index (χ0) is 17.8. The first kappa shape index (κ1) is 19.8. The normalized spacial score (nSPS) is 18.9. The van der Waals surface area contributed by atoms with E-state index in [4.69, 9.17) is 27.9 Å². The van der Waals surface area contributed by atoms with Crippen LogP contribution < -0.4 is 5.32 Å². The minimum Gasteiger partial charge on any atom is -0.458 e. The van der Waals surface area contributed by atoms with Gasteiger partial charge in [0.25, 0.3) is 0 Å². The second-order valence-electron chi connectivity index (χ2n) is 6.26. The summed E-state index contributed by atoms with van der Waals surface area (Å²) < 4.78 is 5.34. The first-order valence-corrected chi connectivity index (χ1v) is 8.30. The number of amides is 2. The lowest BCUT2D eigenvalue weighted by Gasteiger charge is -2.45. The molecule has 2 atom stereocenters. The molecular weight excluding hydrogens is 343 g/mol. The van der Waals surface area contributed by atoms with Gasteiger partial charge in [0.15, 0.2) is 6.04 Å². The van der Waals surface area contributed by atoms with Crippen LogP contribution in [0.1, 0.15) is 33.6 Å². The maximum Gasteiger partial charge on any atom is 0.333 e. The van der Waals surface area contributed by atoms with Crippen molar-refractivity contribution in [2.45, 2.75) is 51.4 Å². The molecule has 1 heterocycles. The van der Waals surface area contributed by atoms with Crippen molar-refractivity contribution in [3.8, 4) is 0 Å². The monoisotopic (exact) mass is 364 g/mol. The number of likely N-dealkylation sites (tertiary alicyclic amines) is 1. The second-order valence-corrected chi connectivity index (χ2v) is 6.90. The fraction of sp³-hybridized carbons (Fsp3) is 0.667. The van der Waals surface area contributed by atoms with E-state index in [1.54, 1.807) is 20.8 Å². The molecule has 23 heavy (non-hydrogen) atoms. The van der Waals surface area contributed by atoms with Crippen LogP contribution in [0.15, 0.2) is 12.2 Å². The largest absolute Gasteiger partial charge is 0.458 e. The van der Waals surface area contributed by atoms with Crippen LogP contribution in [0.25, 0.3) is 0 Å². The molecule has 6 nitrogen and oxygen atoms in total. The fourth-order valence-electron chi connectivity index (χ4n) is 2.13. The van der Waals surface area contributed by atoms with Gasteiger partial charge in [-0.1, -0.05) is 6.58 Å². The van der Waals surface area contributed by atoms with Crippen molar-refractivity contribution in [1.29, 1.82) is 0 Å².